The molecule has 1 aliphatic rings. The fraction of sp³-hybridized carbons (Fsp3) is 0.222. The highest BCUT2D eigenvalue weighted by atomic mass is 16.5. The largest absolute Gasteiger partial charge is 0.495 e. The van der Waals surface area contributed by atoms with Gasteiger partial charge in [0.2, 0.25) is 17.5 Å². The first kappa shape index (κ1) is 24.8. The van der Waals surface area contributed by atoms with Crippen molar-refractivity contribution in [3.63, 3.8) is 0 Å². The Labute approximate surface area is 219 Å². The number of hydrogen-bond donors (Lipinski definition) is 2. The molecule has 38 heavy (non-hydrogen) atoms. The van der Waals surface area contributed by atoms with Crippen LogP contribution in [0.4, 0.5) is 11.6 Å². The Balaban J connectivity index is 1.67. The van der Waals surface area contributed by atoms with Crippen molar-refractivity contribution in [3.8, 4) is 34.6 Å². The van der Waals surface area contributed by atoms with E-state index in [2.05, 4.69) is 15.6 Å². The zero-order valence-electron chi connectivity index (χ0n) is 21.6. The van der Waals surface area contributed by atoms with Crippen molar-refractivity contribution in [1.82, 2.24) is 14.8 Å². The number of nitrogens with one attached hydrogen (secondary N) is 2. The Morgan fingerprint density at radius 3 is 2.32 bits per heavy atom. The number of anilines is 2. The van der Waals surface area contributed by atoms with E-state index in [1.807, 2.05) is 19.1 Å². The number of rotatable bonds is 8. The first-order valence-corrected chi connectivity index (χ1v) is 11.7. The fourth-order valence-electron chi connectivity index (χ4n) is 4.46. The summed E-state index contributed by atoms with van der Waals surface area (Å²) in [4.78, 5) is 18.5. The van der Waals surface area contributed by atoms with E-state index in [1.165, 1.54) is 21.3 Å². The van der Waals surface area contributed by atoms with E-state index in [4.69, 9.17) is 28.5 Å². The average Bonchev–Trinajstić information content (AvgIpc) is 3.62. The van der Waals surface area contributed by atoms with E-state index in [9.17, 15) is 4.79 Å². The number of benzene rings is 2. The van der Waals surface area contributed by atoms with E-state index < -0.39 is 6.04 Å². The summed E-state index contributed by atoms with van der Waals surface area (Å²) < 4.78 is 29.3. The molecule has 3 heterocycles. The number of hydrogen-bond acceptors (Lipinski definition) is 9. The second-order valence-electron chi connectivity index (χ2n) is 8.36. The zero-order valence-corrected chi connectivity index (χ0v) is 21.6. The Kier molecular flexibility index (Phi) is 6.65. The van der Waals surface area contributed by atoms with Crippen LogP contribution in [-0.4, -0.2) is 49.1 Å². The first-order valence-electron chi connectivity index (χ1n) is 11.7. The van der Waals surface area contributed by atoms with Crippen LogP contribution in [0.1, 0.15) is 18.5 Å². The number of allylic oxidation sites excluding steroid dienone is 1. The normalized spacial score (nSPS) is 14.4. The summed E-state index contributed by atoms with van der Waals surface area (Å²) in [5, 5.41) is 10.9. The van der Waals surface area contributed by atoms with Crippen molar-refractivity contribution in [2.45, 2.75) is 13.0 Å². The average molecular weight is 518 g/mol. The van der Waals surface area contributed by atoms with Crippen LogP contribution >= 0.6 is 0 Å². The monoisotopic (exact) mass is 517 g/mol. The van der Waals surface area contributed by atoms with Gasteiger partial charge < -0.3 is 34.0 Å². The molecule has 11 nitrogen and oxygen atoms in total. The molecule has 1 atom stereocenters. The Bertz CT molecular complexity index is 1480. The van der Waals surface area contributed by atoms with Gasteiger partial charge in [0, 0.05) is 5.70 Å². The van der Waals surface area contributed by atoms with Crippen molar-refractivity contribution in [1.29, 1.82) is 0 Å². The van der Waals surface area contributed by atoms with Gasteiger partial charge in [0.05, 0.1) is 46.0 Å². The second-order valence-corrected chi connectivity index (χ2v) is 8.36. The van der Waals surface area contributed by atoms with Gasteiger partial charge in [0.1, 0.15) is 11.8 Å². The van der Waals surface area contributed by atoms with Gasteiger partial charge in [-0.1, -0.05) is 12.1 Å². The fourth-order valence-corrected chi connectivity index (χ4v) is 4.46. The number of methoxy groups -OCH3 is 4. The van der Waals surface area contributed by atoms with Crippen LogP contribution in [0.25, 0.3) is 11.6 Å². The predicted octanol–water partition coefficient (Wildman–Crippen LogP) is 4.50. The van der Waals surface area contributed by atoms with Crippen molar-refractivity contribution < 1.29 is 28.2 Å². The quantitative estimate of drug-likeness (QED) is 0.348. The molecule has 0 aliphatic carbocycles. The van der Waals surface area contributed by atoms with Crippen molar-refractivity contribution in [2.24, 2.45) is 0 Å². The van der Waals surface area contributed by atoms with Crippen LogP contribution in [0.5, 0.6) is 23.0 Å². The number of carbonyl (C=O) groups is 1. The van der Waals surface area contributed by atoms with Gasteiger partial charge in [0.25, 0.3) is 5.91 Å². The third kappa shape index (κ3) is 4.27. The second kappa shape index (κ2) is 10.2. The van der Waals surface area contributed by atoms with Crippen LogP contribution in [-0.2, 0) is 4.79 Å². The predicted molar refractivity (Wildman–Crippen MR) is 140 cm³/mol. The highest BCUT2D eigenvalue weighted by Crippen LogP contribution is 2.44. The van der Waals surface area contributed by atoms with Gasteiger partial charge >= 0.3 is 0 Å². The molecule has 0 bridgehead atoms. The lowest BCUT2D eigenvalue weighted by molar-refractivity contribution is -0.113. The summed E-state index contributed by atoms with van der Waals surface area (Å²) >= 11 is 0. The Hall–Kier alpha value is -4.93. The molecule has 0 fully saturated rings. The van der Waals surface area contributed by atoms with Gasteiger partial charge in [-0.25, -0.2) is 4.68 Å². The number of nitrogens with zero attached hydrogens (tertiary/aromatic N) is 3. The molecule has 5 rings (SSSR count). The van der Waals surface area contributed by atoms with Crippen LogP contribution in [0.3, 0.4) is 0 Å². The molecule has 2 aromatic carbocycles. The minimum Gasteiger partial charge on any atom is -0.495 e. The molecule has 1 aliphatic heterocycles. The molecule has 0 radical (unpaired) electrons. The molecule has 2 N–H and O–H groups in total. The number of amides is 1. The lowest BCUT2D eigenvalue weighted by Gasteiger charge is -2.29. The number of furan rings is 1. The highest BCUT2D eigenvalue weighted by molar-refractivity contribution is 6.06. The van der Waals surface area contributed by atoms with E-state index in [0.717, 1.165) is 0 Å². The van der Waals surface area contributed by atoms with Crippen LogP contribution in [0.15, 0.2) is 70.5 Å². The standard InChI is InChI=1S/C27H27N5O6/c1-15-22(26(33)29-17-9-6-7-10-18(17)34-2)23(16-13-20(35-3)24(37-5)21(14-16)36-4)32-27(28-15)30-25(31-32)19-11-8-12-38-19/h6-14,23H,1-5H3,(H,29,33)(H,28,30,31). The summed E-state index contributed by atoms with van der Waals surface area (Å²) in [6.45, 7) is 1.81. The third-order valence-electron chi connectivity index (χ3n) is 6.20. The molecule has 2 aromatic heterocycles. The molecule has 1 amide bonds. The number of carbonyl (C=O) groups excluding carboxylic acids is 1. The van der Waals surface area contributed by atoms with E-state index in [1.54, 1.807) is 54.5 Å². The van der Waals surface area contributed by atoms with E-state index in [-0.39, 0.29) is 5.91 Å². The lowest BCUT2D eigenvalue weighted by Crippen LogP contribution is -2.31. The lowest BCUT2D eigenvalue weighted by atomic mass is 9.94. The maximum absolute atomic E-state index is 13.9. The minimum absolute atomic E-state index is 0.348. The smallest absolute Gasteiger partial charge is 0.255 e. The summed E-state index contributed by atoms with van der Waals surface area (Å²) in [7, 11) is 6.16. The molecule has 11 heteroatoms. The van der Waals surface area contributed by atoms with Gasteiger partial charge in [-0.05, 0) is 48.9 Å². The molecule has 0 saturated heterocycles. The summed E-state index contributed by atoms with van der Waals surface area (Å²) in [5.41, 5.74) is 2.21. The molecule has 0 spiro atoms. The van der Waals surface area contributed by atoms with Crippen molar-refractivity contribution >= 4 is 17.5 Å². The summed E-state index contributed by atoms with van der Waals surface area (Å²) in [6.07, 6.45) is 1.55. The summed E-state index contributed by atoms with van der Waals surface area (Å²) in [5.74, 6) is 2.81. The summed E-state index contributed by atoms with van der Waals surface area (Å²) in [6, 6.07) is 13.6. The first-order chi connectivity index (χ1) is 18.5. The Morgan fingerprint density at radius 1 is 0.974 bits per heavy atom. The molecule has 1 unspecified atom stereocenters. The number of fused-ring (bicyclic) bond motifs is 1. The van der Waals surface area contributed by atoms with Gasteiger partial charge in [0.15, 0.2) is 17.3 Å². The molecule has 0 saturated carbocycles. The molecule has 4 aromatic rings. The van der Waals surface area contributed by atoms with E-state index in [0.29, 0.717) is 63.1 Å². The van der Waals surface area contributed by atoms with Gasteiger partial charge in [-0.3, -0.25) is 4.79 Å². The van der Waals surface area contributed by atoms with Crippen molar-refractivity contribution in [3.05, 3.63) is 71.6 Å². The van der Waals surface area contributed by atoms with Crippen LogP contribution in [0, 0.1) is 0 Å². The Morgan fingerprint density at radius 2 is 1.68 bits per heavy atom. The van der Waals surface area contributed by atoms with Gasteiger partial charge in [-0.15, -0.1) is 5.10 Å². The number of aromatic nitrogens is 3. The number of para-hydroxylation sites is 2. The van der Waals surface area contributed by atoms with Crippen molar-refractivity contribution in [2.75, 3.05) is 39.1 Å². The van der Waals surface area contributed by atoms with Gasteiger partial charge in [-0.2, -0.15) is 4.98 Å². The van der Waals surface area contributed by atoms with Crippen LogP contribution < -0.4 is 29.6 Å². The molecular formula is C27H27N5O6. The van der Waals surface area contributed by atoms with Crippen LogP contribution in [0.2, 0.25) is 0 Å². The topological polar surface area (TPSA) is 122 Å². The number of ether oxygens (including phenoxy) is 4. The molecular weight excluding hydrogens is 490 g/mol. The maximum Gasteiger partial charge on any atom is 0.255 e. The maximum atomic E-state index is 13.9. The highest BCUT2D eigenvalue weighted by Gasteiger charge is 2.36. The molecule has 196 valence electrons. The van der Waals surface area contributed by atoms with E-state index >= 15 is 0 Å². The SMILES string of the molecule is COc1ccccc1NC(=O)C1=C(C)Nc2nc(-c3ccco3)nn2C1c1cc(OC)c(OC)c(OC)c1. The third-order valence-corrected chi connectivity index (χ3v) is 6.20. The minimum atomic E-state index is -0.703. The zero-order chi connectivity index (χ0) is 26.8.